The van der Waals surface area contributed by atoms with E-state index < -0.39 is 41.8 Å². The summed E-state index contributed by atoms with van der Waals surface area (Å²) < 4.78 is 11.0. The van der Waals surface area contributed by atoms with E-state index in [-0.39, 0.29) is 19.1 Å². The quantitative estimate of drug-likeness (QED) is 0.562. The fourth-order valence-electron chi connectivity index (χ4n) is 5.17. The summed E-state index contributed by atoms with van der Waals surface area (Å²) in [7, 11) is 0. The normalized spacial score (nSPS) is 19.4. The summed E-state index contributed by atoms with van der Waals surface area (Å²) in [6, 6.07) is 9.01. The van der Waals surface area contributed by atoms with Gasteiger partial charge in [0.15, 0.2) is 0 Å². The van der Waals surface area contributed by atoms with Crippen molar-refractivity contribution in [1.29, 1.82) is 0 Å². The summed E-state index contributed by atoms with van der Waals surface area (Å²) in [5.41, 5.74) is -0.531. The van der Waals surface area contributed by atoms with Gasteiger partial charge < -0.3 is 29.3 Å². The van der Waals surface area contributed by atoms with Crippen molar-refractivity contribution in [1.82, 2.24) is 14.7 Å². The minimum absolute atomic E-state index is 0.177. The van der Waals surface area contributed by atoms with Crippen LogP contribution in [0.15, 0.2) is 30.3 Å². The number of likely N-dealkylation sites (tertiary alicyclic amines) is 2. The monoisotopic (exact) mass is 531 g/mol. The molecule has 2 fully saturated rings. The van der Waals surface area contributed by atoms with Crippen LogP contribution >= 0.6 is 0 Å². The Labute approximate surface area is 224 Å². The van der Waals surface area contributed by atoms with Gasteiger partial charge in [-0.3, -0.25) is 9.59 Å². The number of hydrogen-bond donors (Lipinski definition) is 1. The topological polar surface area (TPSA) is 117 Å². The maximum absolute atomic E-state index is 14.0. The van der Waals surface area contributed by atoms with Crippen molar-refractivity contribution in [2.24, 2.45) is 5.41 Å². The third kappa shape index (κ3) is 7.61. The van der Waals surface area contributed by atoms with Crippen molar-refractivity contribution < 1.29 is 33.8 Å². The number of carbonyl (C=O) groups is 4. The molecule has 2 aliphatic rings. The maximum Gasteiger partial charge on any atom is 0.410 e. The molecule has 2 aliphatic heterocycles. The molecule has 3 amide bonds. The summed E-state index contributed by atoms with van der Waals surface area (Å²) in [6.07, 6.45) is 1.73. The van der Waals surface area contributed by atoms with Crippen LogP contribution in [0.5, 0.6) is 0 Å². The molecule has 1 N–H and O–H groups in total. The number of piperidine rings is 2. The molecule has 2 saturated heterocycles. The minimum atomic E-state index is -1.10. The second-order valence-corrected chi connectivity index (χ2v) is 11.2. The number of hydrogen-bond acceptors (Lipinski definition) is 6. The molecule has 1 aromatic rings. The van der Waals surface area contributed by atoms with Crippen molar-refractivity contribution in [3.63, 3.8) is 0 Å². The number of rotatable bonds is 7. The molecule has 1 aromatic carbocycles. The van der Waals surface area contributed by atoms with Gasteiger partial charge >= 0.3 is 18.2 Å². The zero-order chi connectivity index (χ0) is 27.9. The van der Waals surface area contributed by atoms with Gasteiger partial charge in [-0.1, -0.05) is 37.3 Å². The molecule has 0 aliphatic carbocycles. The molecule has 210 valence electrons. The van der Waals surface area contributed by atoms with Crippen molar-refractivity contribution in [2.75, 3.05) is 32.7 Å². The molecular formula is C28H41N3O7. The average Bonchev–Trinajstić information content (AvgIpc) is 2.89. The molecule has 38 heavy (non-hydrogen) atoms. The van der Waals surface area contributed by atoms with Gasteiger partial charge in [0.2, 0.25) is 5.91 Å². The number of amides is 3. The molecule has 10 nitrogen and oxygen atoms in total. The largest absolute Gasteiger partial charge is 0.480 e. The second-order valence-electron chi connectivity index (χ2n) is 11.2. The number of benzene rings is 1. The van der Waals surface area contributed by atoms with Crippen LogP contribution in [0.3, 0.4) is 0 Å². The van der Waals surface area contributed by atoms with Crippen molar-refractivity contribution in [3.8, 4) is 0 Å². The van der Waals surface area contributed by atoms with E-state index in [1.165, 1.54) is 4.90 Å². The molecule has 10 heteroatoms. The molecule has 1 atom stereocenters. The highest BCUT2D eigenvalue weighted by atomic mass is 16.6. The second kappa shape index (κ2) is 12.5. The Bertz CT molecular complexity index is 984. The molecule has 3 rings (SSSR count). The van der Waals surface area contributed by atoms with Gasteiger partial charge in [-0.15, -0.1) is 0 Å². The Kier molecular flexibility index (Phi) is 9.62. The van der Waals surface area contributed by atoms with E-state index >= 15 is 0 Å². The summed E-state index contributed by atoms with van der Waals surface area (Å²) >= 11 is 0. The maximum atomic E-state index is 14.0. The minimum Gasteiger partial charge on any atom is -0.480 e. The molecule has 2 heterocycles. The van der Waals surface area contributed by atoms with E-state index in [1.807, 2.05) is 37.3 Å². The fraction of sp³-hybridized carbons (Fsp3) is 0.643. The van der Waals surface area contributed by atoms with Crippen LogP contribution in [-0.4, -0.2) is 88.2 Å². The van der Waals surface area contributed by atoms with Crippen LogP contribution in [0, 0.1) is 5.41 Å². The summed E-state index contributed by atoms with van der Waals surface area (Å²) in [5.74, 6) is -1.32. The van der Waals surface area contributed by atoms with Gasteiger partial charge in [-0.2, -0.15) is 0 Å². The summed E-state index contributed by atoms with van der Waals surface area (Å²) in [5, 5.41) is 9.65. The van der Waals surface area contributed by atoms with Gasteiger partial charge in [0, 0.05) is 26.2 Å². The third-order valence-electron chi connectivity index (χ3n) is 7.37. The number of aliphatic carboxylic acids is 1. The number of carboxylic acid groups (broad SMARTS) is 1. The van der Waals surface area contributed by atoms with Gasteiger partial charge in [-0.05, 0) is 58.4 Å². The van der Waals surface area contributed by atoms with E-state index in [0.29, 0.717) is 51.7 Å². The first-order valence-electron chi connectivity index (χ1n) is 13.4. The highest BCUT2D eigenvalue weighted by molar-refractivity contribution is 5.87. The van der Waals surface area contributed by atoms with Crippen LogP contribution in [0.4, 0.5) is 9.59 Å². The van der Waals surface area contributed by atoms with Crippen molar-refractivity contribution >= 4 is 24.1 Å². The fourth-order valence-corrected chi connectivity index (χ4v) is 5.17. The van der Waals surface area contributed by atoms with E-state index in [1.54, 1.807) is 30.6 Å². The van der Waals surface area contributed by atoms with Crippen LogP contribution in [0.25, 0.3) is 0 Å². The lowest BCUT2D eigenvalue weighted by atomic mass is 9.74. The van der Waals surface area contributed by atoms with Gasteiger partial charge in [0.25, 0.3) is 0 Å². The first-order valence-corrected chi connectivity index (χ1v) is 13.4. The Hall–Kier alpha value is -3.30. The predicted octanol–water partition coefficient (Wildman–Crippen LogP) is 4.13. The van der Waals surface area contributed by atoms with Gasteiger partial charge in [-0.25, -0.2) is 9.59 Å². The Morgan fingerprint density at radius 1 is 1.03 bits per heavy atom. The lowest BCUT2D eigenvalue weighted by molar-refractivity contribution is -0.155. The van der Waals surface area contributed by atoms with Gasteiger partial charge in [0.05, 0.1) is 11.5 Å². The lowest BCUT2D eigenvalue weighted by Gasteiger charge is -2.45. The number of nitrogens with zero attached hydrogens (tertiary/aromatic N) is 3. The summed E-state index contributed by atoms with van der Waals surface area (Å²) in [4.78, 5) is 55.7. The Balaban J connectivity index is 1.66. The molecule has 0 unspecified atom stereocenters. The third-order valence-corrected chi connectivity index (χ3v) is 7.37. The first-order chi connectivity index (χ1) is 17.9. The number of ether oxygens (including phenoxy) is 2. The van der Waals surface area contributed by atoms with Crippen molar-refractivity contribution in [2.45, 2.75) is 78.0 Å². The van der Waals surface area contributed by atoms with Crippen LogP contribution in [0.1, 0.15) is 65.4 Å². The van der Waals surface area contributed by atoms with E-state index in [2.05, 4.69) is 0 Å². The Morgan fingerprint density at radius 2 is 1.68 bits per heavy atom. The predicted molar refractivity (Wildman–Crippen MR) is 140 cm³/mol. The molecular weight excluding hydrogens is 490 g/mol. The average molecular weight is 532 g/mol. The Morgan fingerprint density at radius 3 is 2.26 bits per heavy atom. The SMILES string of the molecule is CCC1(C(=O)N(CC(=O)O)[C@H]2CCCN(C(=O)OC(C)(C)C)C2)CCN(C(=O)OCc2ccccc2)CC1. The van der Waals surface area contributed by atoms with Crippen LogP contribution in [0.2, 0.25) is 0 Å². The number of carboxylic acids is 1. The molecule has 0 spiro atoms. The molecule has 0 aromatic heterocycles. The first kappa shape index (κ1) is 29.3. The molecule has 0 radical (unpaired) electrons. The van der Waals surface area contributed by atoms with Crippen LogP contribution < -0.4 is 0 Å². The molecule has 0 saturated carbocycles. The highest BCUT2D eigenvalue weighted by Gasteiger charge is 2.46. The van der Waals surface area contributed by atoms with E-state index in [0.717, 1.165) is 5.56 Å². The highest BCUT2D eigenvalue weighted by Crippen LogP contribution is 2.38. The lowest BCUT2D eigenvalue weighted by Crippen LogP contribution is -2.58. The summed E-state index contributed by atoms with van der Waals surface area (Å²) in [6.45, 7) is 8.47. The molecule has 0 bridgehead atoms. The number of carbonyl (C=O) groups excluding carboxylic acids is 3. The smallest absolute Gasteiger partial charge is 0.410 e. The zero-order valence-electron chi connectivity index (χ0n) is 23.0. The van der Waals surface area contributed by atoms with Gasteiger partial charge in [0.1, 0.15) is 18.8 Å². The standard InChI is InChI=1S/C28H41N3O7/c1-5-28(13-16-29(17-14-28)25(35)37-20-21-10-7-6-8-11-21)24(34)31(19-23(32)33)22-12-9-15-30(18-22)26(36)38-27(2,3)4/h6-8,10-11,22H,5,9,12-20H2,1-4H3,(H,32,33)/t22-/m0/s1. The van der Waals surface area contributed by atoms with E-state index in [4.69, 9.17) is 9.47 Å². The van der Waals surface area contributed by atoms with Crippen molar-refractivity contribution in [3.05, 3.63) is 35.9 Å². The van der Waals surface area contributed by atoms with Crippen LogP contribution in [-0.2, 0) is 25.7 Å². The zero-order valence-corrected chi connectivity index (χ0v) is 23.0. The van der Waals surface area contributed by atoms with E-state index in [9.17, 15) is 24.3 Å².